The molecule has 0 aliphatic rings. The fourth-order valence-corrected chi connectivity index (χ4v) is 3.93. The highest BCUT2D eigenvalue weighted by Crippen LogP contribution is 2.30. The average Bonchev–Trinajstić information content (AvgIpc) is 2.47. The molecule has 2 aromatic rings. The quantitative estimate of drug-likeness (QED) is 0.657. The number of hydrogen-bond donors (Lipinski definition) is 2. The van der Waals surface area contributed by atoms with Crippen molar-refractivity contribution in [1.82, 2.24) is 4.72 Å². The minimum atomic E-state index is -3.51. The van der Waals surface area contributed by atoms with E-state index in [4.69, 9.17) is 5.73 Å². The van der Waals surface area contributed by atoms with Gasteiger partial charge in [-0.15, -0.1) is 11.8 Å². The lowest BCUT2D eigenvalue weighted by Gasteiger charge is -2.10. The van der Waals surface area contributed by atoms with Crippen molar-refractivity contribution in [2.45, 2.75) is 15.5 Å². The topological polar surface area (TPSA) is 72.2 Å². The Bertz CT molecular complexity index is 686. The lowest BCUT2D eigenvalue weighted by molar-refractivity contribution is 0.586. The molecule has 0 atom stereocenters. The van der Waals surface area contributed by atoms with Gasteiger partial charge in [-0.25, -0.2) is 13.1 Å². The van der Waals surface area contributed by atoms with Crippen molar-refractivity contribution < 1.29 is 8.42 Å². The average molecular weight is 308 g/mol. The SMILES string of the molecule is CNS(=O)(=O)c1cc(N)ccc1SCc1ccccc1. The molecule has 4 nitrogen and oxygen atoms in total. The van der Waals surface area contributed by atoms with Gasteiger partial charge in [0.1, 0.15) is 0 Å². The first-order valence-corrected chi connectivity index (χ1v) is 8.49. The van der Waals surface area contributed by atoms with Gasteiger partial charge in [0.05, 0.1) is 4.90 Å². The molecule has 3 N–H and O–H groups in total. The van der Waals surface area contributed by atoms with Gasteiger partial charge < -0.3 is 5.73 Å². The smallest absolute Gasteiger partial charge is 0.241 e. The Hall–Kier alpha value is -1.50. The van der Waals surface area contributed by atoms with Crippen molar-refractivity contribution in [2.24, 2.45) is 0 Å². The van der Waals surface area contributed by atoms with Crippen LogP contribution in [-0.2, 0) is 15.8 Å². The molecule has 106 valence electrons. The second-order valence-corrected chi connectivity index (χ2v) is 7.06. The Balaban J connectivity index is 2.28. The summed E-state index contributed by atoms with van der Waals surface area (Å²) < 4.78 is 26.3. The number of nitrogens with two attached hydrogens (primary N) is 1. The van der Waals surface area contributed by atoms with E-state index in [0.717, 1.165) is 5.56 Å². The van der Waals surface area contributed by atoms with Crippen LogP contribution in [0.1, 0.15) is 5.56 Å². The first-order chi connectivity index (χ1) is 9.53. The van der Waals surface area contributed by atoms with Gasteiger partial charge >= 0.3 is 0 Å². The zero-order chi connectivity index (χ0) is 14.6. The van der Waals surface area contributed by atoms with Crippen LogP contribution in [0.15, 0.2) is 58.3 Å². The normalized spacial score (nSPS) is 11.4. The largest absolute Gasteiger partial charge is 0.399 e. The molecule has 0 spiro atoms. The number of benzene rings is 2. The number of nitrogen functional groups attached to an aromatic ring is 1. The Kier molecular flexibility index (Phi) is 4.69. The van der Waals surface area contributed by atoms with Gasteiger partial charge in [0.25, 0.3) is 0 Å². The highest BCUT2D eigenvalue weighted by Gasteiger charge is 2.17. The Morgan fingerprint density at radius 1 is 1.15 bits per heavy atom. The summed E-state index contributed by atoms with van der Waals surface area (Å²) in [7, 11) is -2.11. The van der Waals surface area contributed by atoms with Gasteiger partial charge in [0.15, 0.2) is 0 Å². The molecule has 2 rings (SSSR count). The van der Waals surface area contributed by atoms with Gasteiger partial charge in [0, 0.05) is 16.3 Å². The van der Waals surface area contributed by atoms with Crippen LogP contribution in [0.3, 0.4) is 0 Å². The van der Waals surface area contributed by atoms with E-state index < -0.39 is 10.0 Å². The van der Waals surface area contributed by atoms with Crippen molar-refractivity contribution in [3.63, 3.8) is 0 Å². The maximum Gasteiger partial charge on any atom is 0.241 e. The third-order valence-corrected chi connectivity index (χ3v) is 5.49. The first-order valence-electron chi connectivity index (χ1n) is 6.03. The van der Waals surface area contributed by atoms with E-state index in [1.54, 1.807) is 12.1 Å². The summed E-state index contributed by atoms with van der Waals surface area (Å²) >= 11 is 1.48. The fraction of sp³-hybridized carbons (Fsp3) is 0.143. The number of thioether (sulfide) groups is 1. The van der Waals surface area contributed by atoms with E-state index in [-0.39, 0.29) is 4.90 Å². The summed E-state index contributed by atoms with van der Waals surface area (Å²) in [5.74, 6) is 0.705. The zero-order valence-corrected chi connectivity index (χ0v) is 12.7. The maximum absolute atomic E-state index is 12.0. The summed E-state index contributed by atoms with van der Waals surface area (Å²) in [6.07, 6.45) is 0. The third kappa shape index (κ3) is 3.53. The standard InChI is InChI=1S/C14H16N2O2S2/c1-16-20(17,18)14-9-12(15)7-8-13(14)19-10-11-5-3-2-4-6-11/h2-9,16H,10,15H2,1H3. The molecule has 0 fully saturated rings. The van der Waals surface area contributed by atoms with Gasteiger partial charge in [0.2, 0.25) is 10.0 Å². The first kappa shape index (κ1) is 14.9. The van der Waals surface area contributed by atoms with Gasteiger partial charge in [-0.2, -0.15) is 0 Å². The molecule has 0 saturated carbocycles. The lowest BCUT2D eigenvalue weighted by atomic mass is 10.2. The van der Waals surface area contributed by atoms with E-state index in [1.807, 2.05) is 30.3 Å². The summed E-state index contributed by atoms with van der Waals surface area (Å²) in [6, 6.07) is 14.8. The molecule has 0 aliphatic carbocycles. The molecule has 0 radical (unpaired) electrons. The predicted molar refractivity (Wildman–Crippen MR) is 83.1 cm³/mol. The molecule has 20 heavy (non-hydrogen) atoms. The van der Waals surface area contributed by atoms with Crippen LogP contribution in [-0.4, -0.2) is 15.5 Å². The number of anilines is 1. The molecule has 0 unspecified atom stereocenters. The third-order valence-electron chi connectivity index (χ3n) is 2.76. The van der Waals surface area contributed by atoms with Crippen molar-refractivity contribution >= 4 is 27.5 Å². The molecule has 0 aromatic heterocycles. The monoisotopic (exact) mass is 308 g/mol. The Labute approximate surface area is 123 Å². The van der Waals surface area contributed by atoms with Crippen LogP contribution in [0.4, 0.5) is 5.69 Å². The highest BCUT2D eigenvalue weighted by molar-refractivity contribution is 7.99. The zero-order valence-electron chi connectivity index (χ0n) is 11.0. The molecular weight excluding hydrogens is 292 g/mol. The number of rotatable bonds is 5. The maximum atomic E-state index is 12.0. The van der Waals surface area contributed by atoms with Crippen LogP contribution >= 0.6 is 11.8 Å². The van der Waals surface area contributed by atoms with E-state index in [2.05, 4.69) is 4.72 Å². The molecular formula is C14H16N2O2S2. The predicted octanol–water partition coefficient (Wildman–Crippen LogP) is 2.47. The van der Waals surface area contributed by atoms with E-state index >= 15 is 0 Å². The Morgan fingerprint density at radius 2 is 1.85 bits per heavy atom. The van der Waals surface area contributed by atoms with Crippen LogP contribution in [0.5, 0.6) is 0 Å². The van der Waals surface area contributed by atoms with Gasteiger partial charge in [-0.3, -0.25) is 0 Å². The van der Waals surface area contributed by atoms with Crippen LogP contribution < -0.4 is 10.5 Å². The molecule has 2 aromatic carbocycles. The van der Waals surface area contributed by atoms with Gasteiger partial charge in [-0.05, 0) is 30.8 Å². The molecule has 0 saturated heterocycles. The van der Waals surface area contributed by atoms with Crippen LogP contribution in [0.25, 0.3) is 0 Å². The summed E-state index contributed by atoms with van der Waals surface area (Å²) in [6.45, 7) is 0. The summed E-state index contributed by atoms with van der Waals surface area (Å²) in [5, 5.41) is 0. The van der Waals surface area contributed by atoms with Crippen molar-refractivity contribution in [3.8, 4) is 0 Å². The summed E-state index contributed by atoms with van der Waals surface area (Å²) in [5.41, 5.74) is 7.26. The Morgan fingerprint density at radius 3 is 2.50 bits per heavy atom. The molecule has 0 amide bonds. The molecule has 6 heteroatoms. The lowest BCUT2D eigenvalue weighted by Crippen LogP contribution is -2.19. The van der Waals surface area contributed by atoms with Crippen molar-refractivity contribution in [2.75, 3.05) is 12.8 Å². The van der Waals surface area contributed by atoms with Crippen molar-refractivity contribution in [1.29, 1.82) is 0 Å². The van der Waals surface area contributed by atoms with Crippen LogP contribution in [0, 0.1) is 0 Å². The number of sulfonamides is 1. The molecule has 0 heterocycles. The summed E-state index contributed by atoms with van der Waals surface area (Å²) in [4.78, 5) is 0.915. The molecule has 0 aliphatic heterocycles. The highest BCUT2D eigenvalue weighted by atomic mass is 32.2. The number of hydrogen-bond acceptors (Lipinski definition) is 4. The van der Waals surface area contributed by atoms with Gasteiger partial charge in [-0.1, -0.05) is 30.3 Å². The fourth-order valence-electron chi connectivity index (χ4n) is 1.70. The van der Waals surface area contributed by atoms with Crippen molar-refractivity contribution in [3.05, 3.63) is 54.1 Å². The van der Waals surface area contributed by atoms with E-state index in [9.17, 15) is 8.42 Å². The van der Waals surface area contributed by atoms with E-state index in [0.29, 0.717) is 16.3 Å². The van der Waals surface area contributed by atoms with Crippen LogP contribution in [0.2, 0.25) is 0 Å². The molecule has 0 bridgehead atoms. The second-order valence-electron chi connectivity index (χ2n) is 4.19. The number of nitrogens with one attached hydrogen (secondary N) is 1. The minimum absolute atomic E-state index is 0.223. The second kappa shape index (κ2) is 6.30. The van der Waals surface area contributed by atoms with E-state index in [1.165, 1.54) is 24.9 Å². The minimum Gasteiger partial charge on any atom is -0.399 e.